The fourth-order valence-electron chi connectivity index (χ4n) is 4.79. The molecule has 0 saturated heterocycles. The summed E-state index contributed by atoms with van der Waals surface area (Å²) in [5.74, 6) is -0.343. The minimum Gasteiger partial charge on any atom is -0.492 e. The molecular weight excluding hydrogens is 526 g/mol. The Hall–Kier alpha value is -2.78. The van der Waals surface area contributed by atoms with E-state index in [0.29, 0.717) is 23.8 Å². The summed E-state index contributed by atoms with van der Waals surface area (Å²) in [6, 6.07) is 13.1. The molecule has 0 aliphatic heterocycles. The van der Waals surface area contributed by atoms with E-state index in [4.69, 9.17) is 16.3 Å². The van der Waals surface area contributed by atoms with E-state index in [1.165, 1.54) is 4.90 Å². The monoisotopic (exact) mass is 563 g/mol. The van der Waals surface area contributed by atoms with Crippen molar-refractivity contribution in [2.45, 2.75) is 71.0 Å². The fourth-order valence-corrected chi connectivity index (χ4v) is 5.76. The SMILES string of the molecule is CCOc1ccccc1N(CC(=O)N(Cc1ccc(Cl)cc1)[C@H](CC)C(=O)NC1CCCCC1)S(C)(=O)=O. The average molecular weight is 564 g/mol. The number of amides is 2. The van der Waals surface area contributed by atoms with Gasteiger partial charge in [0, 0.05) is 17.6 Å². The van der Waals surface area contributed by atoms with Crippen LogP contribution in [0, 0.1) is 0 Å². The number of carbonyl (C=O) groups excluding carboxylic acids is 2. The largest absolute Gasteiger partial charge is 0.492 e. The Morgan fingerprint density at radius 1 is 1.05 bits per heavy atom. The topological polar surface area (TPSA) is 96.0 Å². The predicted molar refractivity (Wildman–Crippen MR) is 151 cm³/mol. The summed E-state index contributed by atoms with van der Waals surface area (Å²) < 4.78 is 32.5. The van der Waals surface area contributed by atoms with Crippen LogP contribution in [0.2, 0.25) is 5.02 Å². The number of anilines is 1. The van der Waals surface area contributed by atoms with Gasteiger partial charge in [0.25, 0.3) is 0 Å². The number of carbonyl (C=O) groups is 2. The van der Waals surface area contributed by atoms with Gasteiger partial charge in [0.15, 0.2) is 0 Å². The number of halogens is 1. The molecule has 38 heavy (non-hydrogen) atoms. The molecule has 1 N–H and O–H groups in total. The number of hydrogen-bond donors (Lipinski definition) is 1. The second-order valence-corrected chi connectivity index (χ2v) is 11.9. The van der Waals surface area contributed by atoms with Crippen LogP contribution in [0.25, 0.3) is 0 Å². The third kappa shape index (κ3) is 8.11. The van der Waals surface area contributed by atoms with Gasteiger partial charge in [-0.25, -0.2) is 8.42 Å². The molecule has 0 bridgehead atoms. The van der Waals surface area contributed by atoms with Crippen LogP contribution in [-0.4, -0.2) is 56.6 Å². The van der Waals surface area contributed by atoms with E-state index in [-0.39, 0.29) is 24.2 Å². The zero-order valence-electron chi connectivity index (χ0n) is 22.4. The van der Waals surface area contributed by atoms with Gasteiger partial charge < -0.3 is 15.0 Å². The number of benzene rings is 2. The fraction of sp³-hybridized carbons (Fsp3) is 0.500. The number of rotatable bonds is 12. The van der Waals surface area contributed by atoms with Crippen molar-refractivity contribution >= 4 is 39.1 Å². The van der Waals surface area contributed by atoms with E-state index in [1.807, 2.05) is 6.92 Å². The van der Waals surface area contributed by atoms with Crippen molar-refractivity contribution in [1.82, 2.24) is 10.2 Å². The lowest BCUT2D eigenvalue weighted by Crippen LogP contribution is -2.54. The van der Waals surface area contributed by atoms with E-state index in [0.717, 1.165) is 48.2 Å². The van der Waals surface area contributed by atoms with Crippen molar-refractivity contribution < 1.29 is 22.7 Å². The van der Waals surface area contributed by atoms with Crippen LogP contribution in [0.15, 0.2) is 48.5 Å². The summed E-state index contributed by atoms with van der Waals surface area (Å²) >= 11 is 6.06. The molecular formula is C28H38ClN3O5S. The van der Waals surface area contributed by atoms with Crippen LogP contribution in [0.4, 0.5) is 5.69 Å². The molecule has 0 aromatic heterocycles. The van der Waals surface area contributed by atoms with Gasteiger partial charge in [-0.2, -0.15) is 0 Å². The highest BCUT2D eigenvalue weighted by Gasteiger charge is 2.33. The predicted octanol–water partition coefficient (Wildman–Crippen LogP) is 4.76. The number of nitrogens with zero attached hydrogens (tertiary/aromatic N) is 2. The molecule has 2 aromatic rings. The summed E-state index contributed by atoms with van der Waals surface area (Å²) in [6.07, 6.45) is 6.57. The van der Waals surface area contributed by atoms with E-state index in [2.05, 4.69) is 5.32 Å². The van der Waals surface area contributed by atoms with E-state index in [1.54, 1.807) is 55.5 Å². The van der Waals surface area contributed by atoms with Crippen LogP contribution >= 0.6 is 11.6 Å². The minimum absolute atomic E-state index is 0.0865. The second kappa shape index (κ2) is 13.8. The number of sulfonamides is 1. The minimum atomic E-state index is -3.85. The van der Waals surface area contributed by atoms with E-state index in [9.17, 15) is 18.0 Å². The van der Waals surface area contributed by atoms with Gasteiger partial charge in [-0.3, -0.25) is 13.9 Å². The zero-order valence-corrected chi connectivity index (χ0v) is 23.9. The quantitative estimate of drug-likeness (QED) is 0.401. The molecule has 1 saturated carbocycles. The Labute approximate surface area is 231 Å². The smallest absolute Gasteiger partial charge is 0.244 e. The first-order valence-electron chi connectivity index (χ1n) is 13.2. The second-order valence-electron chi connectivity index (χ2n) is 9.59. The van der Waals surface area contributed by atoms with Crippen molar-refractivity contribution in [1.29, 1.82) is 0 Å². The molecule has 1 aliphatic carbocycles. The molecule has 10 heteroatoms. The van der Waals surface area contributed by atoms with Gasteiger partial charge in [0.2, 0.25) is 21.8 Å². The van der Waals surface area contributed by atoms with Crippen LogP contribution in [0.1, 0.15) is 57.9 Å². The molecule has 0 radical (unpaired) electrons. The van der Waals surface area contributed by atoms with Crippen molar-refractivity contribution in [3.05, 3.63) is 59.1 Å². The van der Waals surface area contributed by atoms with Crippen molar-refractivity contribution in [2.24, 2.45) is 0 Å². The summed E-state index contributed by atoms with van der Waals surface area (Å²) in [4.78, 5) is 28.8. The van der Waals surface area contributed by atoms with Gasteiger partial charge in [-0.1, -0.05) is 62.1 Å². The summed E-state index contributed by atoms with van der Waals surface area (Å²) in [5.41, 5.74) is 1.06. The van der Waals surface area contributed by atoms with Crippen molar-refractivity contribution in [3.8, 4) is 5.75 Å². The molecule has 0 spiro atoms. The molecule has 1 fully saturated rings. The summed E-state index contributed by atoms with van der Waals surface area (Å²) in [6.45, 7) is 3.66. The van der Waals surface area contributed by atoms with E-state index < -0.39 is 28.5 Å². The first kappa shape index (κ1) is 29.8. The molecule has 3 rings (SSSR count). The normalized spacial score (nSPS) is 14.9. The van der Waals surface area contributed by atoms with Gasteiger partial charge in [0.1, 0.15) is 18.3 Å². The molecule has 8 nitrogen and oxygen atoms in total. The van der Waals surface area contributed by atoms with Gasteiger partial charge in [-0.05, 0) is 56.0 Å². The number of para-hydroxylation sites is 2. The maximum atomic E-state index is 13.9. The molecule has 0 unspecified atom stereocenters. The van der Waals surface area contributed by atoms with Crippen LogP contribution in [-0.2, 0) is 26.2 Å². The molecule has 2 aromatic carbocycles. The van der Waals surface area contributed by atoms with Crippen LogP contribution in [0.3, 0.4) is 0 Å². The first-order chi connectivity index (χ1) is 18.1. The van der Waals surface area contributed by atoms with Crippen LogP contribution < -0.4 is 14.4 Å². The lowest BCUT2D eigenvalue weighted by molar-refractivity contribution is -0.140. The first-order valence-corrected chi connectivity index (χ1v) is 15.4. The molecule has 0 heterocycles. The zero-order chi connectivity index (χ0) is 27.7. The molecule has 2 amide bonds. The highest BCUT2D eigenvalue weighted by atomic mass is 35.5. The lowest BCUT2D eigenvalue weighted by atomic mass is 9.95. The van der Waals surface area contributed by atoms with Gasteiger partial charge in [-0.15, -0.1) is 0 Å². The average Bonchev–Trinajstić information content (AvgIpc) is 2.89. The Morgan fingerprint density at radius 2 is 1.71 bits per heavy atom. The van der Waals surface area contributed by atoms with E-state index >= 15 is 0 Å². The third-order valence-electron chi connectivity index (χ3n) is 6.72. The Bertz CT molecular complexity index is 1180. The number of ether oxygens (including phenoxy) is 1. The number of nitrogens with one attached hydrogen (secondary N) is 1. The Morgan fingerprint density at radius 3 is 2.32 bits per heavy atom. The maximum Gasteiger partial charge on any atom is 0.244 e. The molecule has 208 valence electrons. The summed E-state index contributed by atoms with van der Waals surface area (Å²) in [7, 11) is -3.85. The lowest BCUT2D eigenvalue weighted by Gasteiger charge is -2.34. The highest BCUT2D eigenvalue weighted by molar-refractivity contribution is 7.92. The highest BCUT2D eigenvalue weighted by Crippen LogP contribution is 2.30. The van der Waals surface area contributed by atoms with Gasteiger partial charge in [0.05, 0.1) is 18.6 Å². The van der Waals surface area contributed by atoms with Gasteiger partial charge >= 0.3 is 0 Å². The van der Waals surface area contributed by atoms with Crippen LogP contribution in [0.5, 0.6) is 5.75 Å². The Kier molecular flexibility index (Phi) is 10.8. The summed E-state index contributed by atoms with van der Waals surface area (Å²) in [5, 5.41) is 3.70. The van der Waals surface area contributed by atoms with Crippen molar-refractivity contribution in [2.75, 3.05) is 23.7 Å². The standard InChI is InChI=1S/C28H38ClN3O5S/c1-4-24(28(34)30-23-11-7-6-8-12-23)31(19-21-15-17-22(29)18-16-21)27(33)20-32(38(3,35)36)25-13-9-10-14-26(25)37-5-2/h9-10,13-18,23-24H,4-8,11-12,19-20H2,1-3H3,(H,30,34)/t24-/m1/s1. The molecule has 1 atom stereocenters. The maximum absolute atomic E-state index is 13.9. The van der Waals surface area contributed by atoms with Crippen molar-refractivity contribution in [3.63, 3.8) is 0 Å². The Balaban J connectivity index is 1.93. The molecule has 1 aliphatic rings. The number of hydrogen-bond acceptors (Lipinski definition) is 5. The third-order valence-corrected chi connectivity index (χ3v) is 8.10.